The molecule has 2 aromatic heterocycles. The summed E-state index contributed by atoms with van der Waals surface area (Å²) < 4.78 is 1.45. The highest BCUT2D eigenvalue weighted by Crippen LogP contribution is 2.09. The van der Waals surface area contributed by atoms with Crippen LogP contribution in [0.3, 0.4) is 0 Å². The molecule has 5 nitrogen and oxygen atoms in total. The number of rotatable bonds is 3. The average Bonchev–Trinajstić information content (AvgIpc) is 2.82. The second-order valence-corrected chi connectivity index (χ2v) is 5.07. The minimum absolute atomic E-state index is 0.183. The molecule has 0 spiro atoms. The van der Waals surface area contributed by atoms with Gasteiger partial charge in [-0.3, -0.25) is 9.89 Å². The van der Waals surface area contributed by atoms with E-state index in [4.69, 9.17) is 11.6 Å². The molecule has 0 aliphatic heterocycles. The zero-order chi connectivity index (χ0) is 15.5. The lowest BCUT2D eigenvalue weighted by atomic mass is 10.3. The van der Waals surface area contributed by atoms with Gasteiger partial charge in [0.25, 0.3) is 5.56 Å². The quantitative estimate of drug-likeness (QED) is 0.770. The minimum atomic E-state index is -0.183. The number of hydrogen-bond acceptors (Lipinski definition) is 3. The average molecular weight is 313 g/mol. The standard InChI is InChI=1S/C16H13ClN4O/c1-11-14(10-19-15-8-7-12(17)9-18-15)16(22)21(20-11)13-5-3-2-4-6-13/h2-10,20H,1H2,(H,18,19)/b14-10-. The summed E-state index contributed by atoms with van der Waals surface area (Å²) in [5, 5.41) is 7.44. The Morgan fingerprint density at radius 3 is 2.68 bits per heavy atom. The lowest BCUT2D eigenvalue weighted by Crippen LogP contribution is -2.34. The number of anilines is 1. The molecule has 0 fully saturated rings. The highest BCUT2D eigenvalue weighted by molar-refractivity contribution is 6.30. The lowest BCUT2D eigenvalue weighted by Gasteiger charge is -1.99. The van der Waals surface area contributed by atoms with Gasteiger partial charge >= 0.3 is 0 Å². The number of aromatic amines is 1. The molecule has 3 rings (SSSR count). The second kappa shape index (κ2) is 5.91. The summed E-state index contributed by atoms with van der Waals surface area (Å²) >= 11 is 5.78. The lowest BCUT2D eigenvalue weighted by molar-refractivity contribution is 0.838. The van der Waals surface area contributed by atoms with Gasteiger partial charge in [-0.25, -0.2) is 9.67 Å². The van der Waals surface area contributed by atoms with E-state index in [0.717, 1.165) is 5.69 Å². The zero-order valence-electron chi connectivity index (χ0n) is 11.6. The SMILES string of the molecule is C=c1[nH]n(-c2ccccc2)c(=O)/c1=C\Nc1ccc(Cl)cn1. The largest absolute Gasteiger partial charge is 0.346 e. The Balaban J connectivity index is 2.00. The van der Waals surface area contributed by atoms with Gasteiger partial charge in [-0.05, 0) is 24.3 Å². The van der Waals surface area contributed by atoms with Gasteiger partial charge in [0.1, 0.15) is 5.82 Å². The maximum Gasteiger partial charge on any atom is 0.280 e. The summed E-state index contributed by atoms with van der Waals surface area (Å²) in [5.74, 6) is 0.593. The van der Waals surface area contributed by atoms with E-state index in [0.29, 0.717) is 21.4 Å². The second-order valence-electron chi connectivity index (χ2n) is 4.63. The van der Waals surface area contributed by atoms with E-state index in [1.807, 2.05) is 30.3 Å². The summed E-state index contributed by atoms with van der Waals surface area (Å²) in [6, 6.07) is 12.8. The molecule has 3 aromatic rings. The number of para-hydroxylation sites is 1. The fourth-order valence-electron chi connectivity index (χ4n) is 2.01. The maximum atomic E-state index is 12.4. The number of pyridine rings is 1. The highest BCUT2D eigenvalue weighted by Gasteiger charge is 2.03. The Morgan fingerprint density at radius 1 is 1.23 bits per heavy atom. The number of aromatic nitrogens is 3. The van der Waals surface area contributed by atoms with Crippen molar-refractivity contribution in [2.45, 2.75) is 0 Å². The molecule has 0 aliphatic rings. The number of benzene rings is 1. The van der Waals surface area contributed by atoms with Gasteiger partial charge < -0.3 is 5.32 Å². The van der Waals surface area contributed by atoms with Crippen molar-refractivity contribution in [2.24, 2.45) is 0 Å². The molecule has 0 unspecified atom stereocenters. The molecule has 2 heterocycles. The first-order valence-electron chi connectivity index (χ1n) is 6.59. The van der Waals surface area contributed by atoms with Crippen LogP contribution in [-0.4, -0.2) is 14.8 Å². The zero-order valence-corrected chi connectivity index (χ0v) is 12.3. The number of H-pyrrole nitrogens is 1. The molecule has 0 amide bonds. The van der Waals surface area contributed by atoms with Crippen molar-refractivity contribution >= 4 is 30.2 Å². The van der Waals surface area contributed by atoms with Crippen LogP contribution in [0.5, 0.6) is 0 Å². The Hall–Kier alpha value is -2.79. The molecule has 2 N–H and O–H groups in total. The molecule has 0 saturated carbocycles. The van der Waals surface area contributed by atoms with Gasteiger partial charge in [0, 0.05) is 12.4 Å². The maximum absolute atomic E-state index is 12.4. The molecule has 0 bridgehead atoms. The normalized spacial score (nSPS) is 11.6. The van der Waals surface area contributed by atoms with Crippen LogP contribution in [0.1, 0.15) is 0 Å². The van der Waals surface area contributed by atoms with Crippen molar-refractivity contribution in [2.75, 3.05) is 5.32 Å². The Bertz CT molecular complexity index is 943. The summed E-state index contributed by atoms with van der Waals surface area (Å²) in [5.41, 5.74) is 0.569. The van der Waals surface area contributed by atoms with Gasteiger partial charge in [-0.2, -0.15) is 0 Å². The predicted octanol–water partition coefficient (Wildman–Crippen LogP) is 1.47. The molecule has 0 atom stereocenters. The summed E-state index contributed by atoms with van der Waals surface area (Å²) in [6.07, 6.45) is 3.11. The smallest absolute Gasteiger partial charge is 0.280 e. The fourth-order valence-corrected chi connectivity index (χ4v) is 2.12. The number of hydrogen-bond donors (Lipinski definition) is 2. The third-order valence-corrected chi connectivity index (χ3v) is 3.34. The summed E-state index contributed by atoms with van der Waals surface area (Å²) in [7, 11) is 0. The first-order chi connectivity index (χ1) is 10.6. The van der Waals surface area contributed by atoms with Crippen LogP contribution < -0.4 is 21.4 Å². The third-order valence-electron chi connectivity index (χ3n) is 3.11. The number of nitrogens with one attached hydrogen (secondary N) is 2. The molecule has 0 aliphatic carbocycles. The molecule has 22 heavy (non-hydrogen) atoms. The van der Waals surface area contributed by atoms with Gasteiger partial charge in [0.2, 0.25) is 0 Å². The molecule has 6 heteroatoms. The van der Waals surface area contributed by atoms with E-state index in [9.17, 15) is 4.79 Å². The van der Waals surface area contributed by atoms with Crippen LogP contribution >= 0.6 is 11.6 Å². The van der Waals surface area contributed by atoms with Crippen LogP contribution in [0.4, 0.5) is 5.82 Å². The van der Waals surface area contributed by atoms with Crippen LogP contribution in [-0.2, 0) is 0 Å². The summed E-state index contributed by atoms with van der Waals surface area (Å²) in [4.78, 5) is 16.5. The van der Waals surface area contributed by atoms with Gasteiger partial charge in [0.05, 0.1) is 21.3 Å². The van der Waals surface area contributed by atoms with Crippen LogP contribution in [0.2, 0.25) is 5.02 Å². The molecule has 0 saturated heterocycles. The monoisotopic (exact) mass is 312 g/mol. The van der Waals surface area contributed by atoms with Gasteiger partial charge in [-0.1, -0.05) is 36.4 Å². The van der Waals surface area contributed by atoms with Crippen molar-refractivity contribution < 1.29 is 0 Å². The summed E-state index contributed by atoms with van der Waals surface area (Å²) in [6.45, 7) is 3.86. The molecular formula is C16H13ClN4O. The van der Waals surface area contributed by atoms with Crippen LogP contribution in [0.15, 0.2) is 53.5 Å². The Kier molecular flexibility index (Phi) is 3.80. The molecule has 0 radical (unpaired) electrons. The van der Waals surface area contributed by atoms with Crippen LogP contribution in [0.25, 0.3) is 18.5 Å². The van der Waals surface area contributed by atoms with Crippen molar-refractivity contribution in [1.29, 1.82) is 0 Å². The van der Waals surface area contributed by atoms with Gasteiger partial charge in [0.15, 0.2) is 0 Å². The van der Waals surface area contributed by atoms with Crippen molar-refractivity contribution in [1.82, 2.24) is 14.8 Å². The molecule has 1 aromatic carbocycles. The van der Waals surface area contributed by atoms with Crippen molar-refractivity contribution in [3.05, 3.63) is 74.6 Å². The van der Waals surface area contributed by atoms with E-state index in [2.05, 4.69) is 22.0 Å². The Labute approximate surface area is 131 Å². The third kappa shape index (κ3) is 2.80. The van der Waals surface area contributed by atoms with E-state index >= 15 is 0 Å². The first-order valence-corrected chi connectivity index (χ1v) is 6.96. The fraction of sp³-hybridized carbons (Fsp3) is 0. The molecular weight excluding hydrogens is 300 g/mol. The topological polar surface area (TPSA) is 62.7 Å². The Morgan fingerprint density at radius 2 is 2.00 bits per heavy atom. The van der Waals surface area contributed by atoms with E-state index in [-0.39, 0.29) is 5.56 Å². The van der Waals surface area contributed by atoms with E-state index in [1.165, 1.54) is 10.9 Å². The molecule has 110 valence electrons. The van der Waals surface area contributed by atoms with E-state index < -0.39 is 0 Å². The van der Waals surface area contributed by atoms with Crippen molar-refractivity contribution in [3.8, 4) is 5.69 Å². The number of nitrogens with zero attached hydrogens (tertiary/aromatic N) is 2. The number of halogens is 1. The first kappa shape index (κ1) is 14.2. The van der Waals surface area contributed by atoms with Crippen molar-refractivity contribution in [3.63, 3.8) is 0 Å². The predicted molar refractivity (Wildman–Crippen MR) is 88.5 cm³/mol. The van der Waals surface area contributed by atoms with Crippen LogP contribution in [0, 0.1) is 0 Å². The highest BCUT2D eigenvalue weighted by atomic mass is 35.5. The minimum Gasteiger partial charge on any atom is -0.346 e. The van der Waals surface area contributed by atoms with Gasteiger partial charge in [-0.15, -0.1) is 0 Å². The van der Waals surface area contributed by atoms with E-state index in [1.54, 1.807) is 18.3 Å².